The van der Waals surface area contributed by atoms with E-state index < -0.39 is 17.3 Å². The van der Waals surface area contributed by atoms with Crippen LogP contribution in [0.5, 0.6) is 0 Å². The molecule has 1 aliphatic carbocycles. The van der Waals surface area contributed by atoms with Crippen LogP contribution in [0.2, 0.25) is 0 Å². The summed E-state index contributed by atoms with van der Waals surface area (Å²) in [6.45, 7) is 1.24. The van der Waals surface area contributed by atoms with Crippen molar-refractivity contribution in [3.05, 3.63) is 35.4 Å². The zero-order chi connectivity index (χ0) is 13.4. The first-order valence-electron chi connectivity index (χ1n) is 5.92. The first-order chi connectivity index (χ1) is 8.37. The Morgan fingerprint density at radius 3 is 2.22 bits per heavy atom. The molecule has 2 rings (SSSR count). The molecule has 1 aromatic carbocycles. The summed E-state index contributed by atoms with van der Waals surface area (Å²) in [7, 11) is 0. The molecule has 0 amide bonds. The summed E-state index contributed by atoms with van der Waals surface area (Å²) >= 11 is 0. The van der Waals surface area contributed by atoms with Crippen LogP contribution in [0.4, 0.5) is 13.2 Å². The molecule has 0 aliphatic heterocycles. The van der Waals surface area contributed by atoms with Crippen molar-refractivity contribution in [2.45, 2.75) is 37.5 Å². The monoisotopic (exact) mass is 259 g/mol. The van der Waals surface area contributed by atoms with Crippen molar-refractivity contribution in [3.63, 3.8) is 0 Å². The third-order valence-corrected chi connectivity index (χ3v) is 3.24. The Bertz CT molecular complexity index is 428. The normalized spacial score (nSPS) is 19.6. The summed E-state index contributed by atoms with van der Waals surface area (Å²) in [5.74, 6) is 0. The SMILES string of the molecule is CC(CO)(NC1CC1)c1ccccc1C(F)(F)F. The largest absolute Gasteiger partial charge is 0.416 e. The van der Waals surface area contributed by atoms with Gasteiger partial charge < -0.3 is 10.4 Å². The van der Waals surface area contributed by atoms with Gasteiger partial charge in [0.1, 0.15) is 0 Å². The van der Waals surface area contributed by atoms with Crippen molar-refractivity contribution < 1.29 is 18.3 Å². The van der Waals surface area contributed by atoms with Crippen molar-refractivity contribution in [1.29, 1.82) is 0 Å². The van der Waals surface area contributed by atoms with Crippen molar-refractivity contribution >= 4 is 0 Å². The summed E-state index contributed by atoms with van der Waals surface area (Å²) in [6.07, 6.45) is -2.51. The van der Waals surface area contributed by atoms with Crippen LogP contribution in [-0.2, 0) is 11.7 Å². The van der Waals surface area contributed by atoms with E-state index in [1.807, 2.05) is 0 Å². The highest BCUT2D eigenvalue weighted by Crippen LogP contribution is 2.37. The van der Waals surface area contributed by atoms with E-state index in [1.165, 1.54) is 12.1 Å². The third kappa shape index (κ3) is 2.67. The van der Waals surface area contributed by atoms with Crippen molar-refractivity contribution in [3.8, 4) is 0 Å². The van der Waals surface area contributed by atoms with Gasteiger partial charge in [0.2, 0.25) is 0 Å². The van der Waals surface area contributed by atoms with Crippen LogP contribution in [0, 0.1) is 0 Å². The van der Waals surface area contributed by atoms with E-state index in [9.17, 15) is 18.3 Å². The van der Waals surface area contributed by atoms with E-state index in [4.69, 9.17) is 0 Å². The molecule has 2 N–H and O–H groups in total. The van der Waals surface area contributed by atoms with Crippen molar-refractivity contribution in [1.82, 2.24) is 5.32 Å². The Labute approximate surface area is 104 Å². The molecule has 1 saturated carbocycles. The van der Waals surface area contributed by atoms with E-state index in [0.29, 0.717) is 0 Å². The van der Waals surface area contributed by atoms with Crippen LogP contribution in [0.15, 0.2) is 24.3 Å². The Morgan fingerprint density at radius 1 is 1.22 bits per heavy atom. The lowest BCUT2D eigenvalue weighted by molar-refractivity contribution is -0.139. The molecule has 1 atom stereocenters. The summed E-state index contributed by atoms with van der Waals surface area (Å²) in [4.78, 5) is 0. The van der Waals surface area contributed by atoms with Gasteiger partial charge in [0, 0.05) is 6.04 Å². The number of aliphatic hydroxyl groups excluding tert-OH is 1. The van der Waals surface area contributed by atoms with Gasteiger partial charge in [-0.3, -0.25) is 0 Å². The standard InChI is InChI=1S/C13H16F3NO/c1-12(8-18,17-9-6-7-9)10-4-2-3-5-11(10)13(14,15)16/h2-5,9,17-18H,6-8H2,1H3. The number of nitrogens with one attached hydrogen (secondary N) is 1. The molecule has 1 aromatic rings. The predicted molar refractivity (Wildman–Crippen MR) is 62.0 cm³/mol. The summed E-state index contributed by atoms with van der Waals surface area (Å²) in [6, 6.07) is 5.61. The van der Waals surface area contributed by atoms with E-state index in [-0.39, 0.29) is 18.2 Å². The van der Waals surface area contributed by atoms with Crippen LogP contribution in [-0.4, -0.2) is 17.8 Å². The van der Waals surface area contributed by atoms with Gasteiger partial charge in [-0.2, -0.15) is 13.2 Å². The first kappa shape index (κ1) is 13.4. The van der Waals surface area contributed by atoms with Gasteiger partial charge in [-0.15, -0.1) is 0 Å². The van der Waals surface area contributed by atoms with Crippen LogP contribution < -0.4 is 5.32 Å². The lowest BCUT2D eigenvalue weighted by Crippen LogP contribution is -2.45. The topological polar surface area (TPSA) is 32.3 Å². The zero-order valence-electron chi connectivity index (χ0n) is 10.1. The van der Waals surface area contributed by atoms with Gasteiger partial charge in [0.15, 0.2) is 0 Å². The van der Waals surface area contributed by atoms with Crippen molar-refractivity contribution in [2.24, 2.45) is 0 Å². The van der Waals surface area contributed by atoms with Crippen LogP contribution in [0.25, 0.3) is 0 Å². The van der Waals surface area contributed by atoms with Gasteiger partial charge in [-0.05, 0) is 31.4 Å². The first-order valence-corrected chi connectivity index (χ1v) is 5.92. The zero-order valence-corrected chi connectivity index (χ0v) is 10.1. The fourth-order valence-corrected chi connectivity index (χ4v) is 2.10. The number of alkyl halides is 3. The van der Waals surface area contributed by atoms with Gasteiger partial charge in [-0.1, -0.05) is 18.2 Å². The Kier molecular flexibility index (Phi) is 3.38. The average Bonchev–Trinajstić information content (AvgIpc) is 3.11. The van der Waals surface area contributed by atoms with Crippen molar-refractivity contribution in [2.75, 3.05) is 6.61 Å². The lowest BCUT2D eigenvalue weighted by atomic mass is 9.88. The molecule has 18 heavy (non-hydrogen) atoms. The minimum atomic E-state index is -4.40. The maximum absolute atomic E-state index is 13.0. The highest BCUT2D eigenvalue weighted by molar-refractivity contribution is 5.36. The predicted octanol–water partition coefficient (Wildman–Crippen LogP) is 2.66. The molecule has 0 saturated heterocycles. The van der Waals surface area contributed by atoms with E-state index in [1.54, 1.807) is 13.0 Å². The molecule has 0 spiro atoms. The summed E-state index contributed by atoms with van der Waals surface area (Å²) < 4.78 is 38.9. The molecule has 1 fully saturated rings. The second-order valence-electron chi connectivity index (χ2n) is 4.95. The van der Waals surface area contributed by atoms with Crippen LogP contribution >= 0.6 is 0 Å². The Morgan fingerprint density at radius 2 is 1.78 bits per heavy atom. The van der Waals surface area contributed by atoms with Gasteiger partial charge in [0.05, 0.1) is 17.7 Å². The molecule has 0 radical (unpaired) electrons. The molecule has 2 nitrogen and oxygen atoms in total. The molecule has 100 valence electrons. The number of benzene rings is 1. The van der Waals surface area contributed by atoms with Gasteiger partial charge >= 0.3 is 6.18 Å². The number of hydrogen-bond donors (Lipinski definition) is 2. The average molecular weight is 259 g/mol. The fourth-order valence-electron chi connectivity index (χ4n) is 2.10. The molecule has 0 aromatic heterocycles. The fraction of sp³-hybridized carbons (Fsp3) is 0.538. The van der Waals surface area contributed by atoms with Gasteiger partial charge in [-0.25, -0.2) is 0 Å². The van der Waals surface area contributed by atoms with E-state index in [0.717, 1.165) is 18.9 Å². The van der Waals surface area contributed by atoms with E-state index in [2.05, 4.69) is 5.32 Å². The second-order valence-corrected chi connectivity index (χ2v) is 4.95. The minimum Gasteiger partial charge on any atom is -0.394 e. The molecule has 1 unspecified atom stereocenters. The number of rotatable bonds is 4. The van der Waals surface area contributed by atoms with Crippen LogP contribution in [0.3, 0.4) is 0 Å². The second kappa shape index (κ2) is 4.55. The maximum atomic E-state index is 13.0. The molecule has 0 bridgehead atoms. The maximum Gasteiger partial charge on any atom is 0.416 e. The molecule has 1 aliphatic rings. The van der Waals surface area contributed by atoms with Gasteiger partial charge in [0.25, 0.3) is 0 Å². The summed E-state index contributed by atoms with van der Waals surface area (Å²) in [5.41, 5.74) is -1.63. The lowest BCUT2D eigenvalue weighted by Gasteiger charge is -2.32. The number of aliphatic hydroxyl groups is 1. The quantitative estimate of drug-likeness (QED) is 0.871. The highest BCUT2D eigenvalue weighted by Gasteiger charge is 2.41. The molecule has 5 heteroatoms. The van der Waals surface area contributed by atoms with Crippen LogP contribution in [0.1, 0.15) is 30.9 Å². The molecular formula is C13H16F3NO. The molecule has 0 heterocycles. The Balaban J connectivity index is 2.40. The number of halogens is 3. The molecular weight excluding hydrogens is 243 g/mol. The summed E-state index contributed by atoms with van der Waals surface area (Å²) in [5, 5.41) is 12.6. The number of hydrogen-bond acceptors (Lipinski definition) is 2. The van der Waals surface area contributed by atoms with E-state index >= 15 is 0 Å². The highest BCUT2D eigenvalue weighted by atomic mass is 19.4. The minimum absolute atomic E-state index is 0.104. The third-order valence-electron chi connectivity index (χ3n) is 3.24. The smallest absolute Gasteiger partial charge is 0.394 e. The Hall–Kier alpha value is -1.07.